The van der Waals surface area contributed by atoms with Crippen LogP contribution in [0.3, 0.4) is 0 Å². The highest BCUT2D eigenvalue weighted by molar-refractivity contribution is 9.10. The number of fused-ring (bicyclic) bond motifs is 1. The number of pyridine rings is 1. The minimum atomic E-state index is -3.78. The molecule has 2 aromatic heterocycles. The van der Waals surface area contributed by atoms with Crippen molar-refractivity contribution in [2.75, 3.05) is 0 Å². The first kappa shape index (κ1) is 14.8. The monoisotopic (exact) mass is 375 g/mol. The van der Waals surface area contributed by atoms with Crippen molar-refractivity contribution in [3.63, 3.8) is 0 Å². The molecule has 0 radical (unpaired) electrons. The van der Waals surface area contributed by atoms with Crippen LogP contribution in [-0.2, 0) is 10.0 Å². The van der Waals surface area contributed by atoms with Crippen LogP contribution >= 0.6 is 15.9 Å². The molecule has 0 aliphatic carbocycles. The van der Waals surface area contributed by atoms with Crippen LogP contribution in [0.15, 0.2) is 52.1 Å². The molecule has 5 nitrogen and oxygen atoms in total. The van der Waals surface area contributed by atoms with Gasteiger partial charge in [-0.1, -0.05) is 17.7 Å². The molecule has 0 bridgehead atoms. The molecule has 1 aromatic carbocycles. The van der Waals surface area contributed by atoms with Gasteiger partial charge in [-0.3, -0.25) is 0 Å². The van der Waals surface area contributed by atoms with Gasteiger partial charge in [0, 0.05) is 22.3 Å². The highest BCUT2D eigenvalue weighted by atomic mass is 79.9. The number of aromatic nitrogens is 2. The average molecular weight is 376 g/mol. The quantitative estimate of drug-likeness (QED) is 0.688. The van der Waals surface area contributed by atoms with E-state index in [9.17, 15) is 13.7 Å². The summed E-state index contributed by atoms with van der Waals surface area (Å²) in [6.45, 7) is 1.89. The third kappa shape index (κ3) is 2.21. The van der Waals surface area contributed by atoms with Gasteiger partial charge in [0.15, 0.2) is 5.69 Å². The lowest BCUT2D eigenvalue weighted by Gasteiger charge is -2.08. The molecule has 7 heteroatoms. The molecule has 0 saturated heterocycles. The highest BCUT2D eigenvalue weighted by Crippen LogP contribution is 2.29. The maximum Gasteiger partial charge on any atom is 0.268 e. The lowest BCUT2D eigenvalue weighted by molar-refractivity contribution is 0.589. The number of benzene rings is 1. The Morgan fingerprint density at radius 3 is 2.55 bits per heavy atom. The van der Waals surface area contributed by atoms with Crippen LogP contribution in [0.5, 0.6) is 0 Å². The van der Waals surface area contributed by atoms with Crippen LogP contribution < -0.4 is 0 Å². The molecule has 0 N–H and O–H groups in total. The second-order valence-corrected chi connectivity index (χ2v) is 7.43. The summed E-state index contributed by atoms with van der Waals surface area (Å²) in [5, 5.41) is 9.83. The van der Waals surface area contributed by atoms with Gasteiger partial charge in [0.25, 0.3) is 10.0 Å². The van der Waals surface area contributed by atoms with Crippen molar-refractivity contribution < 1.29 is 8.42 Å². The fourth-order valence-corrected chi connectivity index (χ4v) is 3.97. The second kappa shape index (κ2) is 5.23. The number of nitrogens with zero attached hydrogens (tertiary/aromatic N) is 3. The molecule has 0 unspecified atom stereocenters. The maximum atomic E-state index is 12.8. The average Bonchev–Trinajstić information content (AvgIpc) is 2.95. The molecule has 0 aliphatic rings. The number of hydrogen-bond donors (Lipinski definition) is 0. The van der Waals surface area contributed by atoms with E-state index in [0.29, 0.717) is 9.86 Å². The summed E-state index contributed by atoms with van der Waals surface area (Å²) >= 11 is 3.33. The minimum absolute atomic E-state index is 0.0684. The highest BCUT2D eigenvalue weighted by Gasteiger charge is 2.22. The predicted molar refractivity (Wildman–Crippen MR) is 85.9 cm³/mol. The summed E-state index contributed by atoms with van der Waals surface area (Å²) in [7, 11) is -3.78. The zero-order valence-corrected chi connectivity index (χ0v) is 13.9. The number of nitriles is 1. The first-order valence-electron chi connectivity index (χ1n) is 6.33. The molecule has 110 valence electrons. The van der Waals surface area contributed by atoms with Gasteiger partial charge in [-0.25, -0.2) is 17.4 Å². The van der Waals surface area contributed by atoms with Gasteiger partial charge in [-0.2, -0.15) is 5.26 Å². The summed E-state index contributed by atoms with van der Waals surface area (Å²) in [5.41, 5.74) is 1.31. The van der Waals surface area contributed by atoms with E-state index in [1.165, 1.54) is 12.4 Å². The van der Waals surface area contributed by atoms with Crippen LogP contribution in [0.2, 0.25) is 0 Å². The van der Waals surface area contributed by atoms with Crippen molar-refractivity contribution in [3.05, 3.63) is 58.5 Å². The van der Waals surface area contributed by atoms with E-state index in [1.54, 1.807) is 30.3 Å². The lowest BCUT2D eigenvalue weighted by atomic mass is 10.2. The number of halogens is 1. The molecule has 2 heterocycles. The Hall–Kier alpha value is -2.17. The number of aryl methyl sites for hydroxylation is 1. The van der Waals surface area contributed by atoms with Gasteiger partial charge in [0.05, 0.1) is 4.90 Å². The largest absolute Gasteiger partial charge is 0.268 e. The van der Waals surface area contributed by atoms with Crippen LogP contribution in [0.1, 0.15) is 11.3 Å². The molecule has 0 spiro atoms. The molecule has 0 saturated carbocycles. The standard InChI is InChI=1S/C15H10BrN3O2S/c1-10-2-4-11(5-3-10)22(20,21)19-7-6-12-13(16)9-18-14(8-17)15(12)19/h2-7,9H,1H3. The van der Waals surface area contributed by atoms with Gasteiger partial charge in [-0.15, -0.1) is 0 Å². The predicted octanol–water partition coefficient (Wildman–Crippen LogP) is 3.22. The van der Waals surface area contributed by atoms with Crippen molar-refractivity contribution in [3.8, 4) is 6.07 Å². The van der Waals surface area contributed by atoms with Crippen molar-refractivity contribution in [1.82, 2.24) is 8.96 Å². The topological polar surface area (TPSA) is 75.8 Å². The van der Waals surface area contributed by atoms with E-state index < -0.39 is 10.0 Å². The van der Waals surface area contributed by atoms with E-state index in [1.807, 2.05) is 13.0 Å². The van der Waals surface area contributed by atoms with Crippen LogP contribution in [0.25, 0.3) is 10.9 Å². The zero-order chi connectivity index (χ0) is 15.9. The minimum Gasteiger partial charge on any atom is -0.242 e. The lowest BCUT2D eigenvalue weighted by Crippen LogP contribution is -2.12. The molecule has 0 aliphatic heterocycles. The number of rotatable bonds is 2. The van der Waals surface area contributed by atoms with E-state index in [4.69, 9.17) is 0 Å². The van der Waals surface area contributed by atoms with E-state index in [-0.39, 0.29) is 16.1 Å². The Bertz CT molecular complexity index is 1020. The summed E-state index contributed by atoms with van der Waals surface area (Å²) in [6.07, 6.45) is 2.93. The Balaban J connectivity index is 2.33. The normalized spacial score (nSPS) is 11.5. The zero-order valence-electron chi connectivity index (χ0n) is 11.5. The fraction of sp³-hybridized carbons (Fsp3) is 0.0667. The van der Waals surface area contributed by atoms with Gasteiger partial charge < -0.3 is 0 Å². The van der Waals surface area contributed by atoms with Gasteiger partial charge in [0.1, 0.15) is 11.6 Å². The van der Waals surface area contributed by atoms with E-state index >= 15 is 0 Å². The van der Waals surface area contributed by atoms with Crippen molar-refractivity contribution in [2.45, 2.75) is 11.8 Å². The Morgan fingerprint density at radius 2 is 1.91 bits per heavy atom. The SMILES string of the molecule is Cc1ccc(S(=O)(=O)n2ccc3c(Br)cnc(C#N)c32)cc1. The molecule has 3 rings (SSSR count). The molecular formula is C15H10BrN3O2S. The van der Waals surface area contributed by atoms with Gasteiger partial charge >= 0.3 is 0 Å². The van der Waals surface area contributed by atoms with Crippen LogP contribution in [0, 0.1) is 18.3 Å². The van der Waals surface area contributed by atoms with Crippen LogP contribution in [-0.4, -0.2) is 17.4 Å². The third-order valence-corrected chi connectivity index (χ3v) is 5.65. The summed E-state index contributed by atoms with van der Waals surface area (Å²) < 4.78 is 27.4. The van der Waals surface area contributed by atoms with E-state index in [0.717, 1.165) is 9.54 Å². The summed E-state index contributed by atoms with van der Waals surface area (Å²) in [6, 6.07) is 10.2. The Kier molecular flexibility index (Phi) is 3.51. The Labute approximate surface area is 136 Å². The molecule has 0 amide bonds. The molecule has 0 fully saturated rings. The molecular weight excluding hydrogens is 366 g/mol. The van der Waals surface area contributed by atoms with Crippen molar-refractivity contribution in [1.29, 1.82) is 5.26 Å². The third-order valence-electron chi connectivity index (χ3n) is 3.32. The fourth-order valence-electron chi connectivity index (χ4n) is 2.20. The van der Waals surface area contributed by atoms with Gasteiger partial charge in [-0.05, 0) is 41.1 Å². The molecule has 22 heavy (non-hydrogen) atoms. The first-order chi connectivity index (χ1) is 10.4. The van der Waals surface area contributed by atoms with E-state index in [2.05, 4.69) is 20.9 Å². The van der Waals surface area contributed by atoms with Crippen LogP contribution in [0.4, 0.5) is 0 Å². The molecule has 3 aromatic rings. The number of hydrogen-bond acceptors (Lipinski definition) is 4. The summed E-state index contributed by atoms with van der Waals surface area (Å²) in [5.74, 6) is 0. The van der Waals surface area contributed by atoms with Crippen molar-refractivity contribution >= 4 is 36.9 Å². The van der Waals surface area contributed by atoms with Gasteiger partial charge in [0.2, 0.25) is 0 Å². The van der Waals surface area contributed by atoms with Crippen molar-refractivity contribution in [2.24, 2.45) is 0 Å². The summed E-state index contributed by atoms with van der Waals surface area (Å²) in [4.78, 5) is 4.15. The molecule has 0 atom stereocenters. The second-order valence-electron chi connectivity index (χ2n) is 4.76. The first-order valence-corrected chi connectivity index (χ1v) is 8.56. The smallest absolute Gasteiger partial charge is 0.242 e. The Morgan fingerprint density at radius 1 is 1.23 bits per heavy atom. The maximum absolute atomic E-state index is 12.8.